The minimum Gasteiger partial charge on any atom is -0.377 e. The second kappa shape index (κ2) is 19.2. The molecule has 0 aromatic rings. The van der Waals surface area contributed by atoms with E-state index in [-0.39, 0.29) is 11.8 Å². The van der Waals surface area contributed by atoms with Gasteiger partial charge in [0.15, 0.2) is 0 Å². The van der Waals surface area contributed by atoms with E-state index in [2.05, 4.69) is 20.4 Å². The Bertz CT molecular complexity index is 613. The number of nitrogens with zero attached hydrogens (tertiary/aromatic N) is 2. The van der Waals surface area contributed by atoms with Crippen LogP contribution in [0.4, 0.5) is 0 Å². The molecule has 218 valence electrons. The van der Waals surface area contributed by atoms with Crippen LogP contribution in [-0.2, 0) is 36.1 Å². The van der Waals surface area contributed by atoms with E-state index in [1.54, 1.807) is 21.3 Å². The molecule has 0 atom stereocenters. The van der Waals surface area contributed by atoms with Crippen LogP contribution in [0.5, 0.6) is 0 Å². The Morgan fingerprint density at radius 2 is 1.00 bits per heavy atom. The first-order valence-corrected chi connectivity index (χ1v) is 17.2. The molecule has 1 saturated heterocycles. The van der Waals surface area contributed by atoms with Gasteiger partial charge in [-0.2, -0.15) is 0 Å². The lowest BCUT2D eigenvalue weighted by Crippen LogP contribution is -2.51. The molecule has 0 spiro atoms. The van der Waals surface area contributed by atoms with Gasteiger partial charge in [-0.15, -0.1) is 0 Å². The Kier molecular flexibility index (Phi) is 17.7. The zero-order valence-electron chi connectivity index (χ0n) is 23.8. The van der Waals surface area contributed by atoms with Crippen molar-refractivity contribution in [3.05, 3.63) is 0 Å². The Hall–Kier alpha value is -0.946. The minimum absolute atomic E-state index is 0.00325. The number of nitrogens with one attached hydrogen (secondary N) is 2. The SMILES string of the molecule is CCO[Si](CCCNC(=O)CN1CCN(CC(=O)NCCC[Si](OC)(OC)OC)CC1)(OCC)OCC. The maximum Gasteiger partial charge on any atom is 0.500 e. The van der Waals surface area contributed by atoms with Crippen molar-refractivity contribution >= 4 is 29.4 Å². The summed E-state index contributed by atoms with van der Waals surface area (Å²) in [5.74, 6) is 0.00184. The van der Waals surface area contributed by atoms with Gasteiger partial charge in [-0.05, 0) is 33.6 Å². The number of carbonyl (C=O) groups excluding carboxylic acids is 2. The van der Waals surface area contributed by atoms with Gasteiger partial charge < -0.3 is 37.2 Å². The van der Waals surface area contributed by atoms with Crippen LogP contribution < -0.4 is 10.6 Å². The lowest BCUT2D eigenvalue weighted by atomic mass is 10.3. The minimum atomic E-state index is -2.67. The van der Waals surface area contributed by atoms with Gasteiger partial charge in [-0.3, -0.25) is 19.4 Å². The maximum absolute atomic E-state index is 12.4. The fourth-order valence-corrected chi connectivity index (χ4v) is 8.58. The van der Waals surface area contributed by atoms with Crippen molar-refractivity contribution in [2.24, 2.45) is 0 Å². The van der Waals surface area contributed by atoms with E-state index < -0.39 is 17.6 Å². The molecule has 1 aliphatic heterocycles. The highest BCUT2D eigenvalue weighted by Gasteiger charge is 2.39. The fourth-order valence-electron chi connectivity index (χ4n) is 4.25. The number of piperazine rings is 1. The van der Waals surface area contributed by atoms with Crippen molar-refractivity contribution in [2.75, 3.05) is 93.5 Å². The summed E-state index contributed by atoms with van der Waals surface area (Å²) < 4.78 is 33.8. The van der Waals surface area contributed by atoms with Gasteiger partial charge in [-0.25, -0.2) is 0 Å². The molecule has 1 aliphatic rings. The highest BCUT2D eigenvalue weighted by Crippen LogP contribution is 2.18. The summed E-state index contributed by atoms with van der Waals surface area (Å²) in [6.45, 7) is 12.3. The van der Waals surface area contributed by atoms with Crippen LogP contribution in [0.3, 0.4) is 0 Å². The summed E-state index contributed by atoms with van der Waals surface area (Å²) in [7, 11) is -0.512. The number of rotatable bonds is 21. The molecule has 0 bridgehead atoms. The van der Waals surface area contributed by atoms with E-state index in [0.717, 1.165) is 39.0 Å². The molecule has 0 aromatic carbocycles. The average Bonchev–Trinajstić information content (AvgIpc) is 2.89. The molecule has 0 radical (unpaired) electrons. The number of amides is 2. The first-order valence-electron chi connectivity index (χ1n) is 13.4. The van der Waals surface area contributed by atoms with Crippen molar-refractivity contribution in [1.82, 2.24) is 20.4 Å². The smallest absolute Gasteiger partial charge is 0.377 e. The third-order valence-electron chi connectivity index (χ3n) is 6.19. The van der Waals surface area contributed by atoms with Gasteiger partial charge in [-0.1, -0.05) is 0 Å². The highest BCUT2D eigenvalue weighted by atomic mass is 28.4. The van der Waals surface area contributed by atoms with E-state index in [9.17, 15) is 9.59 Å². The zero-order chi connectivity index (χ0) is 27.6. The monoisotopic (exact) mass is 566 g/mol. The van der Waals surface area contributed by atoms with Crippen LogP contribution in [-0.4, -0.2) is 133 Å². The van der Waals surface area contributed by atoms with Gasteiger partial charge in [0.25, 0.3) is 0 Å². The molecule has 0 unspecified atom stereocenters. The molecule has 12 nitrogen and oxygen atoms in total. The summed E-state index contributed by atoms with van der Waals surface area (Å²) in [6.07, 6.45) is 1.47. The Labute approximate surface area is 225 Å². The lowest BCUT2D eigenvalue weighted by molar-refractivity contribution is -0.125. The Morgan fingerprint density at radius 1 is 0.649 bits per heavy atom. The van der Waals surface area contributed by atoms with Crippen molar-refractivity contribution in [3.8, 4) is 0 Å². The molecule has 14 heteroatoms. The molecular formula is C23H50N4O8Si2. The summed E-state index contributed by atoms with van der Waals surface area (Å²) in [5.41, 5.74) is 0. The molecule has 37 heavy (non-hydrogen) atoms. The van der Waals surface area contributed by atoms with Crippen molar-refractivity contribution < 1.29 is 36.1 Å². The Morgan fingerprint density at radius 3 is 1.32 bits per heavy atom. The summed E-state index contributed by atoms with van der Waals surface area (Å²) in [6, 6.07) is 1.32. The number of carbonyl (C=O) groups is 2. The third-order valence-corrected chi connectivity index (χ3v) is 12.2. The van der Waals surface area contributed by atoms with Crippen molar-refractivity contribution in [2.45, 2.75) is 45.7 Å². The summed E-state index contributed by atoms with van der Waals surface area (Å²) in [4.78, 5) is 29.0. The number of hydrogen-bond donors (Lipinski definition) is 2. The van der Waals surface area contributed by atoms with E-state index >= 15 is 0 Å². The van der Waals surface area contributed by atoms with Crippen molar-refractivity contribution in [1.29, 1.82) is 0 Å². The second-order valence-electron chi connectivity index (χ2n) is 8.74. The highest BCUT2D eigenvalue weighted by molar-refractivity contribution is 6.61. The second-order valence-corrected chi connectivity index (χ2v) is 14.6. The van der Waals surface area contributed by atoms with Crippen LogP contribution in [0, 0.1) is 0 Å². The predicted molar refractivity (Wildman–Crippen MR) is 145 cm³/mol. The van der Waals surface area contributed by atoms with Crippen molar-refractivity contribution in [3.63, 3.8) is 0 Å². The zero-order valence-corrected chi connectivity index (χ0v) is 25.8. The predicted octanol–water partition coefficient (Wildman–Crippen LogP) is 0.543. The topological polar surface area (TPSA) is 120 Å². The van der Waals surface area contributed by atoms with Gasteiger partial charge in [0.05, 0.1) is 13.1 Å². The fraction of sp³-hybridized carbons (Fsp3) is 0.913. The normalized spacial score (nSPS) is 15.6. The molecule has 1 rings (SSSR count). The van der Waals surface area contributed by atoms with E-state index in [1.165, 1.54) is 0 Å². The largest absolute Gasteiger partial charge is 0.500 e. The lowest BCUT2D eigenvalue weighted by Gasteiger charge is -2.33. The van der Waals surface area contributed by atoms with Gasteiger partial charge >= 0.3 is 17.6 Å². The molecule has 1 fully saturated rings. The molecule has 0 saturated carbocycles. The molecular weight excluding hydrogens is 516 g/mol. The van der Waals surface area contributed by atoms with Crippen LogP contribution in [0.2, 0.25) is 12.1 Å². The van der Waals surface area contributed by atoms with Crippen LogP contribution in [0.1, 0.15) is 33.6 Å². The Balaban J connectivity index is 2.24. The molecule has 0 aromatic heterocycles. The summed E-state index contributed by atoms with van der Waals surface area (Å²) in [5, 5.41) is 5.95. The van der Waals surface area contributed by atoms with Crippen LogP contribution in [0.15, 0.2) is 0 Å². The maximum atomic E-state index is 12.4. The van der Waals surface area contributed by atoms with Crippen LogP contribution in [0.25, 0.3) is 0 Å². The van der Waals surface area contributed by atoms with Crippen LogP contribution >= 0.6 is 0 Å². The van der Waals surface area contributed by atoms with E-state index in [0.29, 0.717) is 58.1 Å². The van der Waals surface area contributed by atoms with E-state index in [1.807, 2.05) is 20.8 Å². The standard InChI is InChI=1S/C23H50N4O8Si2/c1-7-33-37(34-8-2,35-9-3)19-11-13-25-23(29)21-27-16-14-26(15-17-27)20-22(28)24-12-10-18-36(30-4,31-5)32-6/h7-21H2,1-6H3,(H,24,28)(H,25,29). The summed E-state index contributed by atoms with van der Waals surface area (Å²) >= 11 is 0. The first kappa shape index (κ1) is 34.1. The quantitative estimate of drug-likeness (QED) is 0.150. The molecule has 1 heterocycles. The van der Waals surface area contributed by atoms with Gasteiger partial charge in [0, 0.05) is 92.5 Å². The molecule has 0 aliphatic carbocycles. The van der Waals surface area contributed by atoms with E-state index in [4.69, 9.17) is 26.6 Å². The first-order chi connectivity index (χ1) is 17.8. The molecule has 2 N–H and O–H groups in total. The third kappa shape index (κ3) is 13.1. The number of hydrogen-bond acceptors (Lipinski definition) is 10. The molecule has 2 amide bonds. The van der Waals surface area contributed by atoms with Gasteiger partial charge in [0.1, 0.15) is 0 Å². The van der Waals surface area contributed by atoms with Gasteiger partial charge in [0.2, 0.25) is 11.8 Å². The average molecular weight is 567 g/mol.